The maximum atomic E-state index is 7.38. The highest BCUT2D eigenvalue weighted by Crippen LogP contribution is 2.34. The maximum Gasteiger partial charge on any atom is 0.161 e. The molecule has 0 spiro atoms. The number of hydrogen-bond donors (Lipinski definition) is 2. The molecule has 0 unspecified atom stereocenters. The predicted molar refractivity (Wildman–Crippen MR) is 73.9 cm³/mol. The van der Waals surface area contributed by atoms with Gasteiger partial charge in [0.15, 0.2) is 11.5 Å². The molecule has 0 amide bonds. The van der Waals surface area contributed by atoms with Gasteiger partial charge >= 0.3 is 0 Å². The van der Waals surface area contributed by atoms with Gasteiger partial charge in [-0.1, -0.05) is 30.3 Å². The molecule has 3 N–H and O–H groups in total. The van der Waals surface area contributed by atoms with Crippen LogP contribution in [0.15, 0.2) is 42.5 Å². The topological polar surface area (TPSA) is 68.3 Å². The normalized spacial score (nSPS) is 13.1. The van der Waals surface area contributed by atoms with Gasteiger partial charge in [0.1, 0.15) is 19.0 Å². The number of hydrogen-bond acceptors (Lipinski definition) is 3. The van der Waals surface area contributed by atoms with Gasteiger partial charge in [0.25, 0.3) is 0 Å². The molecule has 2 aromatic rings. The first kappa shape index (κ1) is 11.6. The monoisotopic (exact) mass is 254 g/mol. The first-order valence-electron chi connectivity index (χ1n) is 6.08. The summed E-state index contributed by atoms with van der Waals surface area (Å²) in [5.74, 6) is 1.64. The third-order valence-electron chi connectivity index (χ3n) is 3.07. The van der Waals surface area contributed by atoms with E-state index in [0.29, 0.717) is 13.2 Å². The van der Waals surface area contributed by atoms with Crippen molar-refractivity contribution in [3.8, 4) is 22.6 Å². The fourth-order valence-electron chi connectivity index (χ4n) is 2.07. The third-order valence-corrected chi connectivity index (χ3v) is 3.07. The summed E-state index contributed by atoms with van der Waals surface area (Å²) in [6.45, 7) is 1.18. The van der Waals surface area contributed by atoms with Crippen molar-refractivity contribution < 1.29 is 9.47 Å². The van der Waals surface area contributed by atoms with Gasteiger partial charge in [-0.15, -0.1) is 0 Å². The Hall–Kier alpha value is -2.49. The third kappa shape index (κ3) is 2.25. The van der Waals surface area contributed by atoms with Crippen molar-refractivity contribution in [3.63, 3.8) is 0 Å². The molecule has 0 fully saturated rings. The molecule has 0 bridgehead atoms. The van der Waals surface area contributed by atoms with Crippen LogP contribution in [0.4, 0.5) is 0 Å². The van der Waals surface area contributed by atoms with Crippen molar-refractivity contribution in [2.75, 3.05) is 13.2 Å². The second kappa shape index (κ2) is 4.65. The van der Waals surface area contributed by atoms with Crippen LogP contribution in [0.5, 0.6) is 11.5 Å². The molecule has 0 aromatic heterocycles. The van der Waals surface area contributed by atoms with Crippen molar-refractivity contribution >= 4 is 5.84 Å². The van der Waals surface area contributed by atoms with Crippen LogP contribution in [0.1, 0.15) is 5.56 Å². The average molecular weight is 254 g/mol. The number of nitrogens with two attached hydrogens (primary N) is 1. The van der Waals surface area contributed by atoms with Crippen LogP contribution in [-0.4, -0.2) is 19.0 Å². The molecule has 0 atom stereocenters. The Morgan fingerprint density at radius 1 is 0.895 bits per heavy atom. The maximum absolute atomic E-state index is 7.38. The summed E-state index contributed by atoms with van der Waals surface area (Å²) in [5.41, 5.74) is 8.28. The quantitative estimate of drug-likeness (QED) is 0.638. The summed E-state index contributed by atoms with van der Waals surface area (Å²) in [5, 5.41) is 7.38. The molecule has 19 heavy (non-hydrogen) atoms. The Bertz CT molecular complexity index is 621. The van der Waals surface area contributed by atoms with E-state index in [1.165, 1.54) is 0 Å². The molecule has 1 aliphatic rings. The first-order valence-corrected chi connectivity index (χ1v) is 6.08. The Labute approximate surface area is 111 Å². The molecule has 3 rings (SSSR count). The molecular weight excluding hydrogens is 240 g/mol. The van der Waals surface area contributed by atoms with Crippen LogP contribution in [0, 0.1) is 5.41 Å². The van der Waals surface area contributed by atoms with Crippen LogP contribution < -0.4 is 15.2 Å². The Morgan fingerprint density at radius 3 is 2.21 bits per heavy atom. The minimum absolute atomic E-state index is 0.0775. The zero-order valence-electron chi connectivity index (χ0n) is 10.3. The number of rotatable bonds is 2. The van der Waals surface area contributed by atoms with E-state index in [1.54, 1.807) is 0 Å². The summed E-state index contributed by atoms with van der Waals surface area (Å²) < 4.78 is 11.1. The molecular formula is C15H14N2O2. The van der Waals surface area contributed by atoms with E-state index in [4.69, 9.17) is 20.6 Å². The van der Waals surface area contributed by atoms with Gasteiger partial charge in [-0.05, 0) is 23.3 Å². The Morgan fingerprint density at radius 2 is 1.53 bits per heavy atom. The summed E-state index contributed by atoms with van der Waals surface area (Å²) in [4.78, 5) is 0. The van der Waals surface area contributed by atoms with Crippen LogP contribution in [0.2, 0.25) is 0 Å². The number of nitrogen functional groups attached to an aromatic ring is 1. The highest BCUT2D eigenvalue weighted by Gasteiger charge is 2.12. The lowest BCUT2D eigenvalue weighted by atomic mass is 10.0. The Kier molecular flexibility index (Phi) is 2.83. The lowest BCUT2D eigenvalue weighted by molar-refractivity contribution is 0.171. The number of benzene rings is 2. The number of nitrogens with one attached hydrogen (secondary N) is 1. The van der Waals surface area contributed by atoms with Gasteiger partial charge in [-0.25, -0.2) is 0 Å². The number of amidine groups is 1. The lowest BCUT2D eigenvalue weighted by Gasteiger charge is -2.19. The molecule has 1 heterocycles. The molecule has 96 valence electrons. The fraction of sp³-hybridized carbons (Fsp3) is 0.133. The number of fused-ring (bicyclic) bond motifs is 1. The van der Waals surface area contributed by atoms with E-state index in [-0.39, 0.29) is 5.84 Å². The van der Waals surface area contributed by atoms with Crippen molar-refractivity contribution in [1.29, 1.82) is 5.41 Å². The molecule has 4 nitrogen and oxygen atoms in total. The minimum atomic E-state index is 0.0775. The molecule has 0 saturated heterocycles. The average Bonchev–Trinajstić information content (AvgIpc) is 2.47. The van der Waals surface area contributed by atoms with E-state index >= 15 is 0 Å². The van der Waals surface area contributed by atoms with Crippen molar-refractivity contribution in [1.82, 2.24) is 0 Å². The second-order valence-electron chi connectivity index (χ2n) is 4.35. The standard InChI is InChI=1S/C15H14N2O2/c16-15(17)11-3-1-10(2-4-11)12-5-6-13-14(9-12)19-8-7-18-13/h1-6,9H,7-8H2,(H3,16,17). The molecule has 4 heteroatoms. The smallest absolute Gasteiger partial charge is 0.161 e. The van der Waals surface area contributed by atoms with E-state index in [9.17, 15) is 0 Å². The summed E-state index contributed by atoms with van der Waals surface area (Å²) >= 11 is 0. The Balaban J connectivity index is 1.95. The van der Waals surface area contributed by atoms with E-state index in [0.717, 1.165) is 28.2 Å². The molecule has 0 saturated carbocycles. The highest BCUT2D eigenvalue weighted by molar-refractivity contribution is 5.95. The summed E-state index contributed by atoms with van der Waals surface area (Å²) in [6.07, 6.45) is 0. The van der Waals surface area contributed by atoms with Crippen LogP contribution in [0.25, 0.3) is 11.1 Å². The fourth-order valence-corrected chi connectivity index (χ4v) is 2.07. The van der Waals surface area contributed by atoms with E-state index in [1.807, 2.05) is 42.5 Å². The SMILES string of the molecule is N=C(N)c1ccc(-c2ccc3c(c2)OCCO3)cc1. The van der Waals surface area contributed by atoms with Crippen LogP contribution in [0.3, 0.4) is 0 Å². The van der Waals surface area contributed by atoms with E-state index in [2.05, 4.69) is 0 Å². The highest BCUT2D eigenvalue weighted by atomic mass is 16.6. The van der Waals surface area contributed by atoms with E-state index < -0.39 is 0 Å². The van der Waals surface area contributed by atoms with Gasteiger partial charge in [0.05, 0.1) is 0 Å². The second-order valence-corrected chi connectivity index (χ2v) is 4.35. The molecule has 2 aromatic carbocycles. The van der Waals surface area contributed by atoms with Crippen molar-refractivity contribution in [3.05, 3.63) is 48.0 Å². The molecule has 0 aliphatic carbocycles. The summed E-state index contributed by atoms with van der Waals surface area (Å²) in [6, 6.07) is 13.5. The van der Waals surface area contributed by atoms with Crippen molar-refractivity contribution in [2.24, 2.45) is 5.73 Å². The van der Waals surface area contributed by atoms with Crippen LogP contribution in [-0.2, 0) is 0 Å². The largest absolute Gasteiger partial charge is 0.486 e. The van der Waals surface area contributed by atoms with Gasteiger partial charge in [-0.2, -0.15) is 0 Å². The molecule has 0 radical (unpaired) electrons. The predicted octanol–water partition coefficient (Wildman–Crippen LogP) is 2.41. The zero-order valence-corrected chi connectivity index (χ0v) is 10.3. The van der Waals surface area contributed by atoms with Gasteiger partial charge in [0, 0.05) is 5.56 Å². The van der Waals surface area contributed by atoms with Gasteiger partial charge in [-0.3, -0.25) is 5.41 Å². The minimum Gasteiger partial charge on any atom is -0.486 e. The molecule has 1 aliphatic heterocycles. The zero-order chi connectivity index (χ0) is 13.2. The van der Waals surface area contributed by atoms with Gasteiger partial charge in [0.2, 0.25) is 0 Å². The number of ether oxygens (including phenoxy) is 2. The summed E-state index contributed by atoms with van der Waals surface area (Å²) in [7, 11) is 0. The van der Waals surface area contributed by atoms with Crippen molar-refractivity contribution in [2.45, 2.75) is 0 Å². The van der Waals surface area contributed by atoms with Crippen LogP contribution >= 0.6 is 0 Å². The first-order chi connectivity index (χ1) is 9.24. The van der Waals surface area contributed by atoms with Gasteiger partial charge < -0.3 is 15.2 Å². The lowest BCUT2D eigenvalue weighted by Crippen LogP contribution is -2.15.